The fourth-order valence-corrected chi connectivity index (χ4v) is 3.94. The highest BCUT2D eigenvalue weighted by Gasteiger charge is 2.47. The van der Waals surface area contributed by atoms with Crippen LogP contribution in [0.2, 0.25) is 5.02 Å². The quantitative estimate of drug-likeness (QED) is 0.320. The van der Waals surface area contributed by atoms with E-state index in [0.717, 1.165) is 5.56 Å². The number of benzene rings is 2. The van der Waals surface area contributed by atoms with Gasteiger partial charge in [-0.05, 0) is 52.9 Å². The second-order valence-electron chi connectivity index (χ2n) is 8.74. The first kappa shape index (κ1) is 21.8. The molecule has 1 fully saturated rings. The lowest BCUT2D eigenvalue weighted by molar-refractivity contribution is -0.132. The number of hydrogen-bond acceptors (Lipinski definition) is 4. The summed E-state index contributed by atoms with van der Waals surface area (Å²) in [7, 11) is 0. The Morgan fingerprint density at radius 2 is 1.62 bits per heavy atom. The first-order valence-electron chi connectivity index (χ1n) is 10.3. The average molecular weight is 447 g/mol. The van der Waals surface area contributed by atoms with Crippen LogP contribution in [0.1, 0.15) is 43.5 Å². The standard InChI is InChI=1S/C26H23ClN2O3/c1-26(2,3)18-11-7-16(8-12-18)22-21(23(30)17-9-13-19(27)14-10-17)24(31)25(32)29(22)20-6-4-5-15-28-20/h4-15,22,30H,1-3H3/t22-/m0/s1. The van der Waals surface area contributed by atoms with Gasteiger partial charge < -0.3 is 5.11 Å². The Morgan fingerprint density at radius 3 is 2.19 bits per heavy atom. The molecular weight excluding hydrogens is 424 g/mol. The average Bonchev–Trinajstić information content (AvgIpc) is 3.04. The highest BCUT2D eigenvalue weighted by molar-refractivity contribution is 6.51. The Morgan fingerprint density at radius 1 is 0.969 bits per heavy atom. The van der Waals surface area contributed by atoms with Crippen molar-refractivity contribution < 1.29 is 14.7 Å². The molecular formula is C26H23ClN2O3. The molecule has 1 aliphatic rings. The number of nitrogens with zero attached hydrogens (tertiary/aromatic N) is 2. The first-order valence-corrected chi connectivity index (χ1v) is 10.6. The monoisotopic (exact) mass is 446 g/mol. The van der Waals surface area contributed by atoms with Crippen LogP contribution < -0.4 is 4.90 Å². The van der Waals surface area contributed by atoms with E-state index in [9.17, 15) is 14.7 Å². The number of aromatic nitrogens is 1. The molecule has 1 amide bonds. The number of aliphatic hydroxyl groups excluding tert-OH is 1. The van der Waals surface area contributed by atoms with Crippen LogP contribution in [0.5, 0.6) is 0 Å². The van der Waals surface area contributed by atoms with Gasteiger partial charge in [-0.3, -0.25) is 14.5 Å². The van der Waals surface area contributed by atoms with Gasteiger partial charge >= 0.3 is 5.91 Å². The fourth-order valence-electron chi connectivity index (χ4n) is 3.81. The van der Waals surface area contributed by atoms with Crippen molar-refractivity contribution in [1.29, 1.82) is 0 Å². The molecule has 4 rings (SSSR count). The number of pyridine rings is 1. The van der Waals surface area contributed by atoms with E-state index < -0.39 is 17.7 Å². The van der Waals surface area contributed by atoms with E-state index in [-0.39, 0.29) is 16.7 Å². The first-order chi connectivity index (χ1) is 15.2. The Bertz CT molecular complexity index is 1190. The van der Waals surface area contributed by atoms with Crippen LogP contribution >= 0.6 is 11.6 Å². The smallest absolute Gasteiger partial charge is 0.301 e. The summed E-state index contributed by atoms with van der Waals surface area (Å²) in [6.07, 6.45) is 1.56. The lowest BCUT2D eigenvalue weighted by atomic mass is 9.85. The third kappa shape index (κ3) is 3.92. The van der Waals surface area contributed by atoms with E-state index in [1.165, 1.54) is 4.90 Å². The maximum absolute atomic E-state index is 13.1. The Hall–Kier alpha value is -3.44. The molecule has 0 unspecified atom stereocenters. The second-order valence-corrected chi connectivity index (χ2v) is 9.17. The summed E-state index contributed by atoms with van der Waals surface area (Å²) >= 11 is 5.97. The van der Waals surface area contributed by atoms with E-state index >= 15 is 0 Å². The van der Waals surface area contributed by atoms with Crippen LogP contribution in [0.25, 0.3) is 5.76 Å². The van der Waals surface area contributed by atoms with Gasteiger partial charge in [-0.1, -0.05) is 62.7 Å². The molecule has 2 aromatic carbocycles. The Labute approximate surface area is 192 Å². The summed E-state index contributed by atoms with van der Waals surface area (Å²) in [4.78, 5) is 31.8. The summed E-state index contributed by atoms with van der Waals surface area (Å²) in [5, 5.41) is 11.6. The molecule has 0 radical (unpaired) electrons. The number of amides is 1. The van der Waals surface area contributed by atoms with Gasteiger partial charge in [-0.2, -0.15) is 0 Å². The number of ketones is 1. The highest BCUT2D eigenvalue weighted by Crippen LogP contribution is 2.42. The van der Waals surface area contributed by atoms with Crippen LogP contribution in [0.15, 0.2) is 78.5 Å². The number of aliphatic hydroxyl groups is 1. The fraction of sp³-hybridized carbons (Fsp3) is 0.192. The molecule has 1 saturated heterocycles. The van der Waals surface area contributed by atoms with Crippen molar-refractivity contribution in [2.45, 2.75) is 32.2 Å². The van der Waals surface area contributed by atoms with Crippen molar-refractivity contribution in [3.63, 3.8) is 0 Å². The van der Waals surface area contributed by atoms with Crippen LogP contribution in [-0.2, 0) is 15.0 Å². The maximum Gasteiger partial charge on any atom is 0.301 e. The molecule has 5 nitrogen and oxygen atoms in total. The van der Waals surface area contributed by atoms with E-state index in [1.807, 2.05) is 24.3 Å². The predicted molar refractivity (Wildman–Crippen MR) is 126 cm³/mol. The van der Waals surface area contributed by atoms with Gasteiger partial charge in [0.1, 0.15) is 11.6 Å². The molecule has 1 aliphatic heterocycles. The summed E-state index contributed by atoms with van der Waals surface area (Å²) in [5.41, 5.74) is 2.20. The third-order valence-corrected chi connectivity index (χ3v) is 5.80. The SMILES string of the molecule is CC(C)(C)c1ccc([C@H]2C(=C(O)c3ccc(Cl)cc3)C(=O)C(=O)N2c2ccccn2)cc1. The van der Waals surface area contributed by atoms with Gasteiger partial charge in [0.15, 0.2) is 0 Å². The third-order valence-electron chi connectivity index (χ3n) is 5.55. The zero-order valence-corrected chi connectivity index (χ0v) is 18.8. The number of Topliss-reactive ketones (excluding diaryl/α,β-unsaturated/α-hetero) is 1. The van der Waals surface area contributed by atoms with Gasteiger partial charge in [-0.25, -0.2) is 4.98 Å². The van der Waals surface area contributed by atoms with Gasteiger partial charge in [0, 0.05) is 16.8 Å². The topological polar surface area (TPSA) is 70.5 Å². The number of anilines is 1. The summed E-state index contributed by atoms with van der Waals surface area (Å²) in [5.74, 6) is -1.39. The lowest BCUT2D eigenvalue weighted by Gasteiger charge is -2.25. The molecule has 3 aromatic rings. The van der Waals surface area contributed by atoms with Gasteiger partial charge in [0.05, 0.1) is 11.6 Å². The lowest BCUT2D eigenvalue weighted by Crippen LogP contribution is -2.30. The maximum atomic E-state index is 13.1. The number of carbonyl (C=O) groups excluding carboxylic acids is 2. The van der Waals surface area contributed by atoms with Crippen LogP contribution in [0.3, 0.4) is 0 Å². The minimum atomic E-state index is -0.811. The van der Waals surface area contributed by atoms with Crippen molar-refractivity contribution in [2.24, 2.45) is 0 Å². The van der Waals surface area contributed by atoms with Gasteiger partial charge in [0.25, 0.3) is 5.78 Å². The summed E-state index contributed by atoms with van der Waals surface area (Å²) < 4.78 is 0. The predicted octanol–water partition coefficient (Wildman–Crippen LogP) is 5.66. The molecule has 0 saturated carbocycles. The molecule has 0 spiro atoms. The Kier molecular flexibility index (Phi) is 5.61. The van der Waals surface area contributed by atoms with Crippen molar-refractivity contribution in [3.8, 4) is 0 Å². The van der Waals surface area contributed by atoms with E-state index in [4.69, 9.17) is 11.6 Å². The molecule has 0 aliphatic carbocycles. The number of halogens is 1. The molecule has 32 heavy (non-hydrogen) atoms. The van der Waals surface area contributed by atoms with Crippen molar-refractivity contribution in [2.75, 3.05) is 4.90 Å². The molecule has 162 valence electrons. The van der Waals surface area contributed by atoms with E-state index in [0.29, 0.717) is 22.0 Å². The number of carbonyl (C=O) groups is 2. The normalized spacial score (nSPS) is 18.2. The van der Waals surface area contributed by atoms with Crippen LogP contribution in [-0.4, -0.2) is 21.8 Å². The van der Waals surface area contributed by atoms with Crippen LogP contribution in [0, 0.1) is 0 Å². The second kappa shape index (κ2) is 8.24. The van der Waals surface area contributed by atoms with E-state index in [2.05, 4.69) is 25.8 Å². The molecule has 1 aromatic heterocycles. The zero-order valence-electron chi connectivity index (χ0n) is 18.0. The van der Waals surface area contributed by atoms with Crippen molar-refractivity contribution >= 4 is 34.9 Å². The van der Waals surface area contributed by atoms with Crippen molar-refractivity contribution in [3.05, 3.63) is 100 Å². The largest absolute Gasteiger partial charge is 0.507 e. The number of rotatable bonds is 3. The molecule has 1 atom stereocenters. The summed E-state index contributed by atoms with van der Waals surface area (Å²) in [6, 6.07) is 18.6. The Balaban J connectivity index is 1.91. The number of hydrogen-bond donors (Lipinski definition) is 1. The molecule has 6 heteroatoms. The minimum Gasteiger partial charge on any atom is -0.507 e. The van der Waals surface area contributed by atoms with Crippen LogP contribution in [0.4, 0.5) is 5.82 Å². The van der Waals surface area contributed by atoms with Crippen molar-refractivity contribution in [1.82, 2.24) is 4.98 Å². The van der Waals surface area contributed by atoms with Gasteiger partial charge in [0.2, 0.25) is 0 Å². The summed E-state index contributed by atoms with van der Waals surface area (Å²) in [6.45, 7) is 6.34. The molecule has 0 bridgehead atoms. The molecule has 2 heterocycles. The van der Waals surface area contributed by atoms with E-state index in [1.54, 1.807) is 48.7 Å². The minimum absolute atomic E-state index is 0.0199. The zero-order chi connectivity index (χ0) is 23.0. The highest BCUT2D eigenvalue weighted by atomic mass is 35.5. The molecule has 1 N–H and O–H groups in total. The van der Waals surface area contributed by atoms with Gasteiger partial charge in [-0.15, -0.1) is 0 Å².